The molecule has 1 amide bonds. The van der Waals surface area contributed by atoms with Crippen molar-refractivity contribution in [2.75, 3.05) is 25.1 Å². The molecule has 0 spiro atoms. The van der Waals surface area contributed by atoms with Gasteiger partial charge in [-0.05, 0) is 68.4 Å². The lowest BCUT2D eigenvalue weighted by molar-refractivity contribution is -0.149. The van der Waals surface area contributed by atoms with Gasteiger partial charge in [0.15, 0.2) is 13.2 Å². The highest BCUT2D eigenvalue weighted by Crippen LogP contribution is 2.40. The third kappa shape index (κ3) is 6.01. The maximum atomic E-state index is 12.5. The molecule has 0 saturated heterocycles. The quantitative estimate of drug-likeness (QED) is 0.557. The Morgan fingerprint density at radius 2 is 2.00 bits per heavy atom. The van der Waals surface area contributed by atoms with Gasteiger partial charge in [0.05, 0.1) is 12.2 Å². The fourth-order valence-electron chi connectivity index (χ4n) is 3.46. The lowest BCUT2D eigenvalue weighted by Gasteiger charge is -2.18. The molecule has 0 unspecified atom stereocenters. The molecule has 7 nitrogen and oxygen atoms in total. The van der Waals surface area contributed by atoms with Crippen molar-refractivity contribution in [3.63, 3.8) is 0 Å². The molecule has 32 heavy (non-hydrogen) atoms. The summed E-state index contributed by atoms with van der Waals surface area (Å²) in [6.45, 7) is 5.15. The van der Waals surface area contributed by atoms with Crippen LogP contribution >= 0.6 is 22.9 Å². The molecule has 1 heterocycles. The van der Waals surface area contributed by atoms with Crippen molar-refractivity contribution >= 4 is 45.8 Å². The van der Waals surface area contributed by atoms with Crippen LogP contribution in [0.2, 0.25) is 5.02 Å². The van der Waals surface area contributed by atoms with E-state index in [1.165, 1.54) is 11.3 Å². The molecule has 0 saturated carbocycles. The summed E-state index contributed by atoms with van der Waals surface area (Å²) < 4.78 is 15.6. The monoisotopic (exact) mass is 479 g/mol. The minimum atomic E-state index is -0.683. The smallest absolute Gasteiger partial charge is 0.344 e. The molecule has 1 aliphatic rings. The molecular formula is C23H26ClNO6S. The van der Waals surface area contributed by atoms with Crippen LogP contribution < -0.4 is 10.1 Å². The van der Waals surface area contributed by atoms with Crippen molar-refractivity contribution in [3.8, 4) is 5.75 Å². The van der Waals surface area contributed by atoms with E-state index in [2.05, 4.69) is 12.2 Å². The Morgan fingerprint density at radius 1 is 1.22 bits per heavy atom. The molecule has 1 aromatic heterocycles. The van der Waals surface area contributed by atoms with E-state index in [9.17, 15) is 14.4 Å². The molecule has 9 heteroatoms. The Bertz CT molecular complexity index is 1020. The Labute approximate surface area is 196 Å². The first-order valence-electron chi connectivity index (χ1n) is 10.4. The third-order valence-corrected chi connectivity index (χ3v) is 6.69. The number of carbonyl (C=O) groups excluding carboxylic acids is 3. The van der Waals surface area contributed by atoms with Crippen LogP contribution in [0.3, 0.4) is 0 Å². The zero-order valence-electron chi connectivity index (χ0n) is 18.3. The van der Waals surface area contributed by atoms with Gasteiger partial charge in [-0.25, -0.2) is 9.59 Å². The van der Waals surface area contributed by atoms with Crippen molar-refractivity contribution in [3.05, 3.63) is 44.8 Å². The number of anilines is 1. The van der Waals surface area contributed by atoms with Crippen LogP contribution in [0.15, 0.2) is 18.2 Å². The zero-order chi connectivity index (χ0) is 23.3. The molecule has 1 N–H and O–H groups in total. The van der Waals surface area contributed by atoms with Crippen molar-refractivity contribution in [1.29, 1.82) is 0 Å². The minimum absolute atomic E-state index is 0.248. The van der Waals surface area contributed by atoms with Gasteiger partial charge in [-0.1, -0.05) is 18.5 Å². The minimum Gasteiger partial charge on any atom is -0.482 e. The Balaban J connectivity index is 1.57. The predicted molar refractivity (Wildman–Crippen MR) is 123 cm³/mol. The van der Waals surface area contributed by atoms with Gasteiger partial charge in [0.25, 0.3) is 5.91 Å². The van der Waals surface area contributed by atoms with Gasteiger partial charge in [-0.2, -0.15) is 0 Å². The zero-order valence-corrected chi connectivity index (χ0v) is 19.9. The number of benzene rings is 1. The van der Waals surface area contributed by atoms with Crippen molar-refractivity contribution in [2.24, 2.45) is 5.92 Å². The second-order valence-corrected chi connectivity index (χ2v) is 9.20. The van der Waals surface area contributed by atoms with Crippen molar-refractivity contribution in [2.45, 2.75) is 40.0 Å². The molecular weight excluding hydrogens is 454 g/mol. The first kappa shape index (κ1) is 24.1. The number of halogens is 1. The van der Waals surface area contributed by atoms with E-state index in [-0.39, 0.29) is 13.2 Å². The van der Waals surface area contributed by atoms with Gasteiger partial charge in [0, 0.05) is 9.90 Å². The van der Waals surface area contributed by atoms with Crippen LogP contribution in [0.1, 0.15) is 46.6 Å². The highest BCUT2D eigenvalue weighted by atomic mass is 35.5. The average Bonchev–Trinajstić information content (AvgIpc) is 3.10. The number of fused-ring (bicyclic) bond motifs is 1. The summed E-state index contributed by atoms with van der Waals surface area (Å²) in [5.41, 5.74) is 2.19. The fourth-order valence-corrected chi connectivity index (χ4v) is 4.99. The Hall–Kier alpha value is -2.58. The highest BCUT2D eigenvalue weighted by molar-refractivity contribution is 7.17. The molecule has 172 valence electrons. The molecule has 3 rings (SSSR count). The summed E-state index contributed by atoms with van der Waals surface area (Å²) in [4.78, 5) is 38.0. The molecule has 0 radical (unpaired) electrons. The van der Waals surface area contributed by atoms with Crippen LogP contribution in [0, 0.1) is 12.8 Å². The van der Waals surface area contributed by atoms with Crippen LogP contribution in [-0.4, -0.2) is 37.7 Å². The summed E-state index contributed by atoms with van der Waals surface area (Å²) in [6, 6.07) is 5.03. The molecule has 1 atom stereocenters. The largest absolute Gasteiger partial charge is 0.482 e. The Morgan fingerprint density at radius 3 is 2.72 bits per heavy atom. The summed E-state index contributed by atoms with van der Waals surface area (Å²) in [5, 5.41) is 3.75. The Kier molecular flexibility index (Phi) is 8.15. The van der Waals surface area contributed by atoms with Gasteiger partial charge in [-0.15, -0.1) is 11.3 Å². The first-order valence-corrected chi connectivity index (χ1v) is 11.6. The van der Waals surface area contributed by atoms with Gasteiger partial charge < -0.3 is 19.5 Å². The standard InChI is InChI=1S/C23H26ClNO6S/c1-4-29-23(28)21-16-7-5-13(2)9-18(16)32-22(21)25-19(26)11-31-20(27)12-30-15-6-8-17(24)14(3)10-15/h6,8,10,13H,4-5,7,9,11-12H2,1-3H3,(H,25,26)/t13-/m1/s1. The summed E-state index contributed by atoms with van der Waals surface area (Å²) in [5.74, 6) is -0.662. The van der Waals surface area contributed by atoms with Gasteiger partial charge >= 0.3 is 11.9 Å². The number of ether oxygens (including phenoxy) is 3. The molecule has 2 aromatic rings. The van der Waals surface area contributed by atoms with E-state index in [1.807, 2.05) is 6.92 Å². The van der Waals surface area contributed by atoms with Crippen LogP contribution in [-0.2, 0) is 31.9 Å². The number of esters is 2. The third-order valence-electron chi connectivity index (χ3n) is 5.09. The number of aryl methyl sites for hydroxylation is 1. The van der Waals surface area contributed by atoms with E-state index in [1.54, 1.807) is 25.1 Å². The van der Waals surface area contributed by atoms with E-state index in [0.29, 0.717) is 27.3 Å². The first-order chi connectivity index (χ1) is 15.3. The van der Waals surface area contributed by atoms with Gasteiger partial charge in [-0.3, -0.25) is 4.79 Å². The van der Waals surface area contributed by atoms with E-state index in [0.717, 1.165) is 35.3 Å². The number of amides is 1. The lowest BCUT2D eigenvalue weighted by atomic mass is 9.88. The maximum Gasteiger partial charge on any atom is 0.344 e. The summed E-state index contributed by atoms with van der Waals surface area (Å²) in [7, 11) is 0. The lowest BCUT2D eigenvalue weighted by Crippen LogP contribution is -2.24. The fraction of sp³-hybridized carbons (Fsp3) is 0.435. The normalized spacial score (nSPS) is 14.9. The topological polar surface area (TPSA) is 90.9 Å². The SMILES string of the molecule is CCOC(=O)c1c(NC(=O)COC(=O)COc2ccc(Cl)c(C)c2)sc2c1CC[C@@H](C)C2. The number of thiophene rings is 1. The maximum absolute atomic E-state index is 12.5. The highest BCUT2D eigenvalue weighted by Gasteiger charge is 2.29. The second-order valence-electron chi connectivity index (χ2n) is 7.68. The van der Waals surface area contributed by atoms with Gasteiger partial charge in [0.2, 0.25) is 0 Å². The van der Waals surface area contributed by atoms with Crippen molar-refractivity contribution in [1.82, 2.24) is 0 Å². The average molecular weight is 480 g/mol. The molecule has 1 aromatic carbocycles. The number of carbonyl (C=O) groups is 3. The van der Waals surface area contributed by atoms with Crippen LogP contribution in [0.25, 0.3) is 0 Å². The van der Waals surface area contributed by atoms with Crippen LogP contribution in [0.5, 0.6) is 5.75 Å². The summed E-state index contributed by atoms with van der Waals surface area (Å²) in [6.07, 6.45) is 2.61. The van der Waals surface area contributed by atoms with Gasteiger partial charge in [0.1, 0.15) is 10.8 Å². The second kappa shape index (κ2) is 10.8. The molecule has 0 fully saturated rings. The van der Waals surface area contributed by atoms with Crippen LogP contribution in [0.4, 0.5) is 5.00 Å². The molecule has 0 aliphatic heterocycles. The van der Waals surface area contributed by atoms with E-state index < -0.39 is 24.5 Å². The number of hydrogen-bond acceptors (Lipinski definition) is 7. The van der Waals surface area contributed by atoms with E-state index in [4.69, 9.17) is 25.8 Å². The number of hydrogen-bond donors (Lipinski definition) is 1. The number of nitrogens with one attached hydrogen (secondary N) is 1. The summed E-state index contributed by atoms with van der Waals surface area (Å²) >= 11 is 7.35. The number of rotatable bonds is 8. The van der Waals surface area contributed by atoms with Crippen molar-refractivity contribution < 1.29 is 28.6 Å². The molecule has 0 bridgehead atoms. The molecule has 1 aliphatic carbocycles. The van der Waals surface area contributed by atoms with E-state index >= 15 is 0 Å². The predicted octanol–water partition coefficient (Wildman–Crippen LogP) is 4.57.